The van der Waals surface area contributed by atoms with Crippen molar-refractivity contribution >= 4 is 11.8 Å². The number of benzene rings is 2. The van der Waals surface area contributed by atoms with Gasteiger partial charge >= 0.3 is 5.97 Å². The number of hydrogen-bond donors (Lipinski definition) is 0. The summed E-state index contributed by atoms with van der Waals surface area (Å²) in [4.78, 5) is 23.5. The van der Waals surface area contributed by atoms with Gasteiger partial charge < -0.3 is 14.2 Å². The first-order chi connectivity index (χ1) is 12.1. The number of carbonyl (C=O) groups excluding carboxylic acids is 2. The van der Waals surface area contributed by atoms with E-state index in [0.29, 0.717) is 23.3 Å². The van der Waals surface area contributed by atoms with Crippen molar-refractivity contribution in [1.82, 2.24) is 0 Å². The molecule has 2 aromatic carbocycles. The van der Waals surface area contributed by atoms with E-state index in [0.717, 1.165) is 0 Å². The fourth-order valence-electron chi connectivity index (χ4n) is 2.06. The zero-order chi connectivity index (χ0) is 18.2. The van der Waals surface area contributed by atoms with Crippen molar-refractivity contribution in [3.8, 4) is 23.3 Å². The Morgan fingerprint density at radius 1 is 1.08 bits per heavy atom. The van der Waals surface area contributed by atoms with Gasteiger partial charge in [0.25, 0.3) is 0 Å². The van der Waals surface area contributed by atoms with E-state index in [-0.39, 0.29) is 23.9 Å². The fraction of sp³-hybridized carbons (Fsp3) is 0.211. The van der Waals surface area contributed by atoms with Crippen molar-refractivity contribution in [2.24, 2.45) is 0 Å². The maximum absolute atomic E-state index is 11.9. The molecule has 128 valence electrons. The molecule has 0 bridgehead atoms. The van der Waals surface area contributed by atoms with Crippen LogP contribution in [-0.4, -0.2) is 25.5 Å². The van der Waals surface area contributed by atoms with Crippen LogP contribution >= 0.6 is 0 Å². The Bertz CT molecular complexity index is 806. The lowest BCUT2D eigenvalue weighted by atomic mass is 10.1. The Morgan fingerprint density at radius 2 is 1.80 bits per heavy atom. The highest BCUT2D eigenvalue weighted by atomic mass is 16.6. The van der Waals surface area contributed by atoms with Gasteiger partial charge in [0.1, 0.15) is 5.75 Å². The van der Waals surface area contributed by atoms with Gasteiger partial charge in [-0.3, -0.25) is 4.79 Å². The number of esters is 1. The van der Waals surface area contributed by atoms with Crippen LogP contribution in [0.15, 0.2) is 42.5 Å². The number of ether oxygens (including phenoxy) is 3. The lowest BCUT2D eigenvalue weighted by Gasteiger charge is -2.10. The molecule has 2 aromatic rings. The summed E-state index contributed by atoms with van der Waals surface area (Å²) in [5, 5.41) is 8.86. The van der Waals surface area contributed by atoms with Crippen LogP contribution < -0.4 is 14.2 Å². The molecular formula is C19H17NO5. The van der Waals surface area contributed by atoms with Gasteiger partial charge in [-0.15, -0.1) is 0 Å². The maximum atomic E-state index is 11.9. The Hall–Kier alpha value is -3.33. The van der Waals surface area contributed by atoms with Crippen LogP contribution in [0.3, 0.4) is 0 Å². The Labute approximate surface area is 145 Å². The Morgan fingerprint density at radius 3 is 2.40 bits per heavy atom. The summed E-state index contributed by atoms with van der Waals surface area (Å²) in [6, 6.07) is 13.0. The number of rotatable bonds is 7. The first-order valence-electron chi connectivity index (χ1n) is 7.62. The molecule has 0 N–H and O–H groups in total. The van der Waals surface area contributed by atoms with Crippen molar-refractivity contribution < 1.29 is 23.8 Å². The number of carbonyl (C=O) groups is 2. The van der Waals surface area contributed by atoms with Gasteiger partial charge in [-0.2, -0.15) is 5.26 Å². The predicted octanol–water partition coefficient (Wildman–Crippen LogP) is 3.14. The van der Waals surface area contributed by atoms with Crippen LogP contribution in [0, 0.1) is 11.3 Å². The summed E-state index contributed by atoms with van der Waals surface area (Å²) in [6.07, 6.45) is 0.430. The number of hydrogen-bond acceptors (Lipinski definition) is 6. The minimum absolute atomic E-state index is 0.0406. The fourth-order valence-corrected chi connectivity index (χ4v) is 2.06. The predicted molar refractivity (Wildman–Crippen MR) is 89.9 cm³/mol. The van der Waals surface area contributed by atoms with Gasteiger partial charge in [0, 0.05) is 18.1 Å². The molecule has 0 aliphatic heterocycles. The largest absolute Gasteiger partial charge is 0.493 e. The monoisotopic (exact) mass is 339 g/mol. The second-order valence-electron chi connectivity index (χ2n) is 5.04. The number of methoxy groups -OCH3 is 1. The van der Waals surface area contributed by atoms with Crippen LogP contribution in [0.5, 0.6) is 17.2 Å². The highest BCUT2D eigenvalue weighted by molar-refractivity contribution is 5.95. The summed E-state index contributed by atoms with van der Waals surface area (Å²) in [5.74, 6) is 0.376. The number of Topliss-reactive ketones (excluding diaryl/α,β-unsaturated/α-hetero) is 1. The van der Waals surface area contributed by atoms with Crippen molar-refractivity contribution in [2.75, 3.05) is 13.7 Å². The average molecular weight is 339 g/mol. The lowest BCUT2D eigenvalue weighted by molar-refractivity contribution is -0.136. The first-order valence-corrected chi connectivity index (χ1v) is 7.62. The number of nitrogens with zero attached hydrogens (tertiary/aromatic N) is 1. The minimum Gasteiger partial charge on any atom is -0.493 e. The van der Waals surface area contributed by atoms with Gasteiger partial charge in [-0.1, -0.05) is 6.92 Å². The van der Waals surface area contributed by atoms with E-state index >= 15 is 0 Å². The zero-order valence-corrected chi connectivity index (χ0v) is 13.9. The highest BCUT2D eigenvalue weighted by Gasteiger charge is 2.12. The highest BCUT2D eigenvalue weighted by Crippen LogP contribution is 2.28. The molecule has 0 spiro atoms. The summed E-state index contributed by atoms with van der Waals surface area (Å²) in [6.45, 7) is 1.49. The van der Waals surface area contributed by atoms with Gasteiger partial charge in [-0.25, -0.2) is 4.79 Å². The smallest absolute Gasteiger partial charge is 0.349 e. The summed E-state index contributed by atoms with van der Waals surface area (Å²) >= 11 is 0. The normalized spacial score (nSPS) is 9.80. The number of ketones is 1. The summed E-state index contributed by atoms with van der Waals surface area (Å²) in [7, 11) is 1.42. The van der Waals surface area contributed by atoms with E-state index in [1.54, 1.807) is 31.2 Å². The molecule has 6 nitrogen and oxygen atoms in total. The van der Waals surface area contributed by atoms with Crippen LogP contribution in [0.2, 0.25) is 0 Å². The lowest BCUT2D eigenvalue weighted by Crippen LogP contribution is -2.18. The molecule has 0 aliphatic rings. The molecule has 0 unspecified atom stereocenters. The molecule has 0 radical (unpaired) electrons. The molecule has 2 rings (SSSR count). The third-order valence-electron chi connectivity index (χ3n) is 3.37. The van der Waals surface area contributed by atoms with Gasteiger partial charge in [-0.05, 0) is 36.4 Å². The SMILES string of the molecule is CCC(=O)c1ccc(OCC(=O)Oc2ccc(C#N)cc2OC)cc1. The molecular weight excluding hydrogens is 322 g/mol. The molecule has 0 heterocycles. The van der Waals surface area contributed by atoms with Crippen LogP contribution in [0.1, 0.15) is 29.3 Å². The van der Waals surface area contributed by atoms with E-state index in [4.69, 9.17) is 19.5 Å². The third kappa shape index (κ3) is 4.82. The minimum atomic E-state index is -0.614. The van der Waals surface area contributed by atoms with Crippen LogP contribution in [0.4, 0.5) is 0 Å². The third-order valence-corrected chi connectivity index (χ3v) is 3.37. The van der Waals surface area contributed by atoms with Crippen LogP contribution in [0.25, 0.3) is 0 Å². The molecule has 0 aliphatic carbocycles. The summed E-state index contributed by atoms with van der Waals surface area (Å²) in [5.41, 5.74) is 0.995. The van der Waals surface area contributed by atoms with Crippen molar-refractivity contribution in [3.05, 3.63) is 53.6 Å². The van der Waals surface area contributed by atoms with Crippen molar-refractivity contribution in [1.29, 1.82) is 5.26 Å². The van der Waals surface area contributed by atoms with Gasteiger partial charge in [0.15, 0.2) is 23.9 Å². The molecule has 25 heavy (non-hydrogen) atoms. The first kappa shape index (κ1) is 18.0. The maximum Gasteiger partial charge on any atom is 0.349 e. The zero-order valence-electron chi connectivity index (χ0n) is 13.9. The van der Waals surface area contributed by atoms with Crippen molar-refractivity contribution in [2.45, 2.75) is 13.3 Å². The molecule has 0 saturated heterocycles. The Balaban J connectivity index is 1.95. The molecule has 0 saturated carbocycles. The van der Waals surface area contributed by atoms with Gasteiger partial charge in [0.05, 0.1) is 18.7 Å². The molecule has 6 heteroatoms. The molecule has 0 aromatic heterocycles. The van der Waals surface area contributed by atoms with Crippen molar-refractivity contribution in [3.63, 3.8) is 0 Å². The van der Waals surface area contributed by atoms with E-state index in [2.05, 4.69) is 0 Å². The van der Waals surface area contributed by atoms with Gasteiger partial charge in [0.2, 0.25) is 0 Å². The average Bonchev–Trinajstić information content (AvgIpc) is 2.66. The van der Waals surface area contributed by atoms with Crippen LogP contribution in [-0.2, 0) is 4.79 Å². The molecule has 0 atom stereocenters. The summed E-state index contributed by atoms with van der Waals surface area (Å²) < 4.78 is 15.6. The van der Waals surface area contributed by atoms with E-state index in [9.17, 15) is 9.59 Å². The molecule has 0 amide bonds. The van der Waals surface area contributed by atoms with E-state index in [1.165, 1.54) is 25.3 Å². The standard InChI is InChI=1S/C19H17NO5/c1-3-16(21)14-5-7-15(8-6-14)24-12-19(22)25-17-9-4-13(11-20)10-18(17)23-2/h4-10H,3,12H2,1-2H3. The van der Waals surface area contributed by atoms with E-state index < -0.39 is 5.97 Å². The second-order valence-corrected chi connectivity index (χ2v) is 5.04. The van der Waals surface area contributed by atoms with E-state index in [1.807, 2.05) is 6.07 Å². The number of nitriles is 1. The quantitative estimate of drug-likeness (QED) is 0.438. The molecule has 0 fully saturated rings. The Kier molecular flexibility index (Phi) is 6.13. The second kappa shape index (κ2) is 8.50. The topological polar surface area (TPSA) is 85.6 Å².